The summed E-state index contributed by atoms with van der Waals surface area (Å²) >= 11 is 0. The summed E-state index contributed by atoms with van der Waals surface area (Å²) in [5.74, 6) is 1.37. The summed E-state index contributed by atoms with van der Waals surface area (Å²) in [6.07, 6.45) is 2.82. The molecule has 1 saturated carbocycles. The second-order valence-corrected chi connectivity index (χ2v) is 6.66. The first-order valence-electron chi connectivity index (χ1n) is 8.48. The van der Waals surface area contributed by atoms with E-state index in [9.17, 15) is 9.59 Å². The first-order chi connectivity index (χ1) is 11.5. The summed E-state index contributed by atoms with van der Waals surface area (Å²) in [6, 6.07) is 5.73. The molecule has 1 fully saturated rings. The highest BCUT2D eigenvalue weighted by Crippen LogP contribution is 2.36. The second-order valence-electron chi connectivity index (χ2n) is 6.66. The fourth-order valence-corrected chi connectivity index (χ4v) is 3.10. The van der Waals surface area contributed by atoms with Crippen molar-refractivity contribution in [3.05, 3.63) is 39.7 Å². The molecule has 5 heteroatoms. The average molecular weight is 328 g/mol. The van der Waals surface area contributed by atoms with E-state index in [1.54, 1.807) is 7.11 Å². The molecule has 1 aliphatic rings. The lowest BCUT2D eigenvalue weighted by Crippen LogP contribution is -2.32. The third kappa shape index (κ3) is 3.30. The molecule has 1 aromatic heterocycles. The number of amides is 1. The van der Waals surface area contributed by atoms with Gasteiger partial charge in [0.25, 0.3) is 5.56 Å². The molecule has 0 bridgehead atoms. The van der Waals surface area contributed by atoms with E-state index in [4.69, 9.17) is 4.74 Å². The van der Waals surface area contributed by atoms with Crippen molar-refractivity contribution in [2.75, 3.05) is 13.7 Å². The van der Waals surface area contributed by atoms with Crippen molar-refractivity contribution in [1.82, 2.24) is 10.3 Å². The van der Waals surface area contributed by atoms with E-state index < -0.39 is 0 Å². The molecular weight excluding hydrogens is 304 g/mol. The standard InChI is InChI=1S/C19H24N2O3/c1-11-4-7-16(24-3)17-15(11)10-14(19(23)21-17)8-9-20-18(22)12(2)13-5-6-13/h4,7,10,12-13H,5-6,8-9H2,1-3H3,(H,20,22)(H,21,23). The number of carbonyl (C=O) groups excluding carboxylic acids is 1. The van der Waals surface area contributed by atoms with Crippen molar-refractivity contribution in [2.24, 2.45) is 11.8 Å². The van der Waals surface area contributed by atoms with Crippen LogP contribution < -0.4 is 15.6 Å². The molecule has 3 rings (SSSR count). The number of carbonyl (C=O) groups is 1. The van der Waals surface area contributed by atoms with Gasteiger partial charge >= 0.3 is 0 Å². The van der Waals surface area contributed by atoms with E-state index >= 15 is 0 Å². The SMILES string of the molecule is COc1ccc(C)c2cc(CCNC(=O)C(C)C3CC3)c(=O)[nH]c12. The van der Waals surface area contributed by atoms with Crippen molar-refractivity contribution < 1.29 is 9.53 Å². The summed E-state index contributed by atoms with van der Waals surface area (Å²) in [4.78, 5) is 27.3. The van der Waals surface area contributed by atoms with Crippen LogP contribution >= 0.6 is 0 Å². The van der Waals surface area contributed by atoms with Crippen LogP contribution in [0, 0.1) is 18.8 Å². The predicted octanol–water partition coefficient (Wildman–Crippen LogP) is 2.55. The first kappa shape index (κ1) is 16.6. The van der Waals surface area contributed by atoms with Crippen LogP contribution in [-0.4, -0.2) is 24.5 Å². The molecule has 1 atom stereocenters. The fraction of sp³-hybridized carbons (Fsp3) is 0.474. The van der Waals surface area contributed by atoms with Crippen LogP contribution in [0.2, 0.25) is 0 Å². The molecule has 1 aromatic carbocycles. The number of hydrogen-bond donors (Lipinski definition) is 2. The lowest BCUT2D eigenvalue weighted by molar-refractivity contribution is -0.125. The minimum atomic E-state index is -0.129. The van der Waals surface area contributed by atoms with Crippen LogP contribution in [0.1, 0.15) is 30.9 Å². The first-order valence-corrected chi connectivity index (χ1v) is 8.48. The molecular formula is C19H24N2O3. The molecule has 1 aliphatic carbocycles. The number of methoxy groups -OCH3 is 1. The van der Waals surface area contributed by atoms with Crippen molar-refractivity contribution in [3.8, 4) is 5.75 Å². The van der Waals surface area contributed by atoms with Gasteiger partial charge in [0.1, 0.15) is 5.75 Å². The normalized spacial score (nSPS) is 15.3. The van der Waals surface area contributed by atoms with E-state index in [2.05, 4.69) is 10.3 Å². The molecule has 1 unspecified atom stereocenters. The lowest BCUT2D eigenvalue weighted by atomic mass is 10.0. The largest absolute Gasteiger partial charge is 0.495 e. The second kappa shape index (κ2) is 6.67. The molecule has 0 radical (unpaired) electrons. The fourth-order valence-electron chi connectivity index (χ4n) is 3.10. The molecule has 0 saturated heterocycles. The molecule has 24 heavy (non-hydrogen) atoms. The number of hydrogen-bond acceptors (Lipinski definition) is 3. The van der Waals surface area contributed by atoms with E-state index in [0.717, 1.165) is 29.3 Å². The van der Waals surface area contributed by atoms with Crippen LogP contribution in [0.25, 0.3) is 10.9 Å². The molecule has 0 aliphatic heterocycles. The van der Waals surface area contributed by atoms with E-state index in [0.29, 0.717) is 30.2 Å². The topological polar surface area (TPSA) is 71.2 Å². The predicted molar refractivity (Wildman–Crippen MR) is 94.5 cm³/mol. The molecule has 2 N–H and O–H groups in total. The Morgan fingerprint density at radius 3 is 2.83 bits per heavy atom. The zero-order chi connectivity index (χ0) is 17.3. The van der Waals surface area contributed by atoms with Crippen LogP contribution in [0.3, 0.4) is 0 Å². The molecule has 1 amide bonds. The van der Waals surface area contributed by atoms with Crippen molar-refractivity contribution >= 4 is 16.8 Å². The Morgan fingerprint density at radius 1 is 1.42 bits per heavy atom. The van der Waals surface area contributed by atoms with Crippen molar-refractivity contribution in [2.45, 2.75) is 33.1 Å². The number of fused-ring (bicyclic) bond motifs is 1. The highest BCUT2D eigenvalue weighted by Gasteiger charge is 2.32. The Bertz CT molecular complexity index is 821. The van der Waals surface area contributed by atoms with Crippen molar-refractivity contribution in [1.29, 1.82) is 0 Å². The Hall–Kier alpha value is -2.30. The third-order valence-electron chi connectivity index (χ3n) is 4.93. The third-order valence-corrected chi connectivity index (χ3v) is 4.93. The van der Waals surface area contributed by atoms with Gasteiger partial charge in [-0.25, -0.2) is 0 Å². The van der Waals surface area contributed by atoms with Crippen LogP contribution in [0.4, 0.5) is 0 Å². The van der Waals surface area contributed by atoms with Gasteiger partial charge in [-0.1, -0.05) is 13.0 Å². The highest BCUT2D eigenvalue weighted by atomic mass is 16.5. The van der Waals surface area contributed by atoms with Gasteiger partial charge in [-0.05, 0) is 49.8 Å². The monoisotopic (exact) mass is 328 g/mol. The molecule has 1 heterocycles. The average Bonchev–Trinajstić information content (AvgIpc) is 3.40. The minimum absolute atomic E-state index is 0.0754. The van der Waals surface area contributed by atoms with Gasteiger partial charge in [0.2, 0.25) is 5.91 Å². The van der Waals surface area contributed by atoms with Gasteiger partial charge in [-0.15, -0.1) is 0 Å². The number of H-pyrrole nitrogens is 1. The molecule has 0 spiro atoms. The number of aryl methyl sites for hydroxylation is 1. The maximum Gasteiger partial charge on any atom is 0.251 e. The van der Waals surface area contributed by atoms with Gasteiger partial charge in [0.05, 0.1) is 12.6 Å². The maximum absolute atomic E-state index is 12.3. The quantitative estimate of drug-likeness (QED) is 0.856. The number of aromatic nitrogens is 1. The molecule has 2 aromatic rings. The van der Waals surface area contributed by atoms with E-state index in [1.165, 1.54) is 0 Å². The summed E-state index contributed by atoms with van der Waals surface area (Å²) in [6.45, 7) is 4.46. The zero-order valence-corrected chi connectivity index (χ0v) is 14.4. The smallest absolute Gasteiger partial charge is 0.251 e. The molecule has 128 valence electrons. The Morgan fingerprint density at radius 2 is 2.17 bits per heavy atom. The Balaban J connectivity index is 1.75. The number of pyridine rings is 1. The van der Waals surface area contributed by atoms with Gasteiger partial charge in [0.15, 0.2) is 0 Å². The highest BCUT2D eigenvalue weighted by molar-refractivity contribution is 5.87. The van der Waals surface area contributed by atoms with Crippen LogP contribution in [0.15, 0.2) is 23.0 Å². The zero-order valence-electron chi connectivity index (χ0n) is 14.4. The summed E-state index contributed by atoms with van der Waals surface area (Å²) in [5.41, 5.74) is 2.35. The number of ether oxygens (including phenoxy) is 1. The van der Waals surface area contributed by atoms with E-state index in [1.807, 2.05) is 32.0 Å². The number of nitrogens with one attached hydrogen (secondary N) is 2. The van der Waals surface area contributed by atoms with Gasteiger partial charge in [-0.2, -0.15) is 0 Å². The number of aromatic amines is 1. The van der Waals surface area contributed by atoms with Gasteiger partial charge < -0.3 is 15.0 Å². The molecule has 5 nitrogen and oxygen atoms in total. The van der Waals surface area contributed by atoms with Gasteiger partial charge in [-0.3, -0.25) is 9.59 Å². The van der Waals surface area contributed by atoms with Crippen LogP contribution in [0.5, 0.6) is 5.75 Å². The Kier molecular flexibility index (Phi) is 4.60. The summed E-state index contributed by atoms with van der Waals surface area (Å²) < 4.78 is 5.32. The minimum Gasteiger partial charge on any atom is -0.495 e. The number of benzene rings is 1. The van der Waals surface area contributed by atoms with Crippen molar-refractivity contribution in [3.63, 3.8) is 0 Å². The maximum atomic E-state index is 12.3. The van der Waals surface area contributed by atoms with Crippen LogP contribution in [-0.2, 0) is 11.2 Å². The van der Waals surface area contributed by atoms with Gasteiger partial charge in [0, 0.05) is 23.4 Å². The number of rotatable bonds is 6. The summed E-state index contributed by atoms with van der Waals surface area (Å²) in [7, 11) is 1.59. The van der Waals surface area contributed by atoms with E-state index in [-0.39, 0.29) is 17.4 Å². The summed E-state index contributed by atoms with van der Waals surface area (Å²) in [5, 5.41) is 3.92. The lowest BCUT2D eigenvalue weighted by Gasteiger charge is -2.12. The Labute approximate surface area is 141 Å².